The lowest BCUT2D eigenvalue weighted by atomic mass is 10.1. The Morgan fingerprint density at radius 3 is 2.77 bits per heavy atom. The molecule has 10 nitrogen and oxygen atoms in total. The topological polar surface area (TPSA) is 117 Å². The molecule has 0 aliphatic carbocycles. The molecular formula is C21H26N8O2. The lowest BCUT2D eigenvalue weighted by Crippen LogP contribution is -2.44. The molecule has 3 aromatic heterocycles. The third-order valence-corrected chi connectivity index (χ3v) is 5.51. The molecule has 1 saturated heterocycles. The monoisotopic (exact) mass is 422 g/mol. The Morgan fingerprint density at radius 2 is 2.06 bits per heavy atom. The van der Waals surface area contributed by atoms with Crippen molar-refractivity contribution in [3.05, 3.63) is 44.6 Å². The minimum Gasteiger partial charge on any atom is -0.341 e. The maximum atomic E-state index is 13.5. The molecule has 1 fully saturated rings. The van der Waals surface area contributed by atoms with Crippen LogP contribution in [0.1, 0.15) is 31.3 Å². The third-order valence-electron chi connectivity index (χ3n) is 5.51. The van der Waals surface area contributed by atoms with E-state index in [1.165, 1.54) is 4.57 Å². The van der Waals surface area contributed by atoms with E-state index in [-0.39, 0.29) is 12.6 Å². The predicted molar refractivity (Wildman–Crippen MR) is 118 cm³/mol. The molecule has 0 aromatic carbocycles. The lowest BCUT2D eigenvalue weighted by molar-refractivity contribution is 0.496. The third kappa shape index (κ3) is 3.84. The van der Waals surface area contributed by atoms with Gasteiger partial charge in [0.15, 0.2) is 11.2 Å². The van der Waals surface area contributed by atoms with E-state index in [0.717, 1.165) is 29.6 Å². The van der Waals surface area contributed by atoms with Gasteiger partial charge in [0.25, 0.3) is 5.56 Å². The Balaban J connectivity index is 1.93. The molecule has 0 amide bonds. The number of piperidine rings is 1. The van der Waals surface area contributed by atoms with Gasteiger partial charge in [-0.2, -0.15) is 4.98 Å². The molecule has 1 aliphatic rings. The van der Waals surface area contributed by atoms with Gasteiger partial charge in [-0.3, -0.25) is 18.5 Å². The van der Waals surface area contributed by atoms with Crippen LogP contribution in [0.3, 0.4) is 0 Å². The van der Waals surface area contributed by atoms with E-state index < -0.39 is 11.2 Å². The van der Waals surface area contributed by atoms with Crippen LogP contribution in [0, 0.1) is 18.8 Å². The van der Waals surface area contributed by atoms with Crippen LogP contribution in [-0.2, 0) is 20.1 Å². The zero-order valence-corrected chi connectivity index (χ0v) is 18.0. The van der Waals surface area contributed by atoms with E-state index in [1.807, 2.05) is 6.92 Å². The number of fused-ring (bicyclic) bond motifs is 1. The molecule has 0 spiro atoms. The number of nitrogens with two attached hydrogens (primary N) is 1. The van der Waals surface area contributed by atoms with E-state index in [4.69, 9.17) is 10.7 Å². The lowest BCUT2D eigenvalue weighted by Gasteiger charge is -2.31. The van der Waals surface area contributed by atoms with E-state index >= 15 is 0 Å². The van der Waals surface area contributed by atoms with Gasteiger partial charge in [-0.15, -0.1) is 5.92 Å². The molecule has 162 valence electrons. The fraction of sp³-hybridized carbons (Fsp3) is 0.476. The number of aryl methyl sites for hydroxylation is 2. The maximum Gasteiger partial charge on any atom is 0.332 e. The maximum absolute atomic E-state index is 13.5. The van der Waals surface area contributed by atoms with Crippen LogP contribution in [0.2, 0.25) is 0 Å². The molecule has 2 N–H and O–H groups in total. The summed E-state index contributed by atoms with van der Waals surface area (Å²) in [6.07, 6.45) is 3.51. The van der Waals surface area contributed by atoms with Gasteiger partial charge in [0.05, 0.1) is 13.1 Å². The first-order chi connectivity index (χ1) is 14.9. The highest BCUT2D eigenvalue weighted by molar-refractivity contribution is 5.75. The normalized spacial score (nSPS) is 16.4. The zero-order chi connectivity index (χ0) is 22.1. The molecule has 0 saturated carbocycles. The van der Waals surface area contributed by atoms with E-state index in [0.29, 0.717) is 36.0 Å². The Kier molecular flexibility index (Phi) is 5.61. The second-order valence-corrected chi connectivity index (χ2v) is 7.79. The van der Waals surface area contributed by atoms with Crippen molar-refractivity contribution in [3.8, 4) is 11.8 Å². The summed E-state index contributed by atoms with van der Waals surface area (Å²) in [7, 11) is 1.62. The predicted octanol–water partition coefficient (Wildman–Crippen LogP) is -0.00578. The SMILES string of the molecule is CC#CCn1c(N2CCC[C@@H](N)C2)nc2c1c(=O)n(Cc1nccc(C)n1)c(=O)n2C. The van der Waals surface area contributed by atoms with Gasteiger partial charge in [0.2, 0.25) is 5.95 Å². The summed E-state index contributed by atoms with van der Waals surface area (Å²) in [4.78, 5) is 41.8. The largest absolute Gasteiger partial charge is 0.341 e. The fourth-order valence-electron chi connectivity index (χ4n) is 3.96. The average Bonchev–Trinajstić information content (AvgIpc) is 3.13. The first kappa shape index (κ1) is 20.8. The van der Waals surface area contributed by atoms with Crippen LogP contribution >= 0.6 is 0 Å². The van der Waals surface area contributed by atoms with Crippen LogP contribution < -0.4 is 21.9 Å². The Morgan fingerprint density at radius 1 is 1.26 bits per heavy atom. The van der Waals surface area contributed by atoms with Crippen molar-refractivity contribution < 1.29 is 0 Å². The van der Waals surface area contributed by atoms with Gasteiger partial charge >= 0.3 is 5.69 Å². The molecule has 1 aliphatic heterocycles. The highest BCUT2D eigenvalue weighted by Gasteiger charge is 2.26. The minimum absolute atomic E-state index is 0.0162. The van der Waals surface area contributed by atoms with Crippen LogP contribution in [0.25, 0.3) is 11.2 Å². The van der Waals surface area contributed by atoms with Crippen molar-refractivity contribution in [2.75, 3.05) is 18.0 Å². The van der Waals surface area contributed by atoms with Crippen LogP contribution in [0.4, 0.5) is 5.95 Å². The molecule has 3 aromatic rings. The second-order valence-electron chi connectivity index (χ2n) is 7.79. The Bertz CT molecular complexity index is 1310. The number of aromatic nitrogens is 6. The number of hydrogen-bond acceptors (Lipinski definition) is 7. The Labute approximate surface area is 179 Å². The molecule has 31 heavy (non-hydrogen) atoms. The van der Waals surface area contributed by atoms with Crippen molar-refractivity contribution in [3.63, 3.8) is 0 Å². The van der Waals surface area contributed by atoms with Gasteiger partial charge in [0.1, 0.15) is 5.82 Å². The smallest absolute Gasteiger partial charge is 0.332 e. The molecule has 1 atom stereocenters. The summed E-state index contributed by atoms with van der Waals surface area (Å²) < 4.78 is 4.34. The number of nitrogens with zero attached hydrogens (tertiary/aromatic N) is 7. The number of rotatable bonds is 4. The molecule has 0 bridgehead atoms. The highest BCUT2D eigenvalue weighted by Crippen LogP contribution is 2.22. The highest BCUT2D eigenvalue weighted by atomic mass is 16.2. The minimum atomic E-state index is -0.462. The average molecular weight is 422 g/mol. The van der Waals surface area contributed by atoms with Gasteiger partial charge in [0, 0.05) is 38.1 Å². The zero-order valence-electron chi connectivity index (χ0n) is 18.0. The van der Waals surface area contributed by atoms with Crippen molar-refractivity contribution >= 4 is 17.1 Å². The van der Waals surface area contributed by atoms with Crippen LogP contribution in [0.5, 0.6) is 0 Å². The van der Waals surface area contributed by atoms with Gasteiger partial charge in [-0.05, 0) is 32.8 Å². The van der Waals surface area contributed by atoms with E-state index in [9.17, 15) is 9.59 Å². The van der Waals surface area contributed by atoms with E-state index in [2.05, 4.69) is 26.7 Å². The molecule has 4 rings (SSSR count). The molecule has 10 heteroatoms. The summed E-state index contributed by atoms with van der Waals surface area (Å²) in [6, 6.07) is 1.81. The van der Waals surface area contributed by atoms with Crippen LogP contribution in [0.15, 0.2) is 21.9 Å². The van der Waals surface area contributed by atoms with E-state index in [1.54, 1.807) is 30.8 Å². The molecule has 0 radical (unpaired) electrons. The van der Waals surface area contributed by atoms with Gasteiger partial charge < -0.3 is 10.6 Å². The van der Waals surface area contributed by atoms with Crippen molar-refractivity contribution in [2.45, 2.75) is 45.8 Å². The van der Waals surface area contributed by atoms with Crippen molar-refractivity contribution in [1.82, 2.24) is 28.7 Å². The summed E-state index contributed by atoms with van der Waals surface area (Å²) in [5.74, 6) is 6.92. The van der Waals surface area contributed by atoms with Crippen molar-refractivity contribution in [2.24, 2.45) is 12.8 Å². The first-order valence-electron chi connectivity index (χ1n) is 10.3. The summed E-state index contributed by atoms with van der Waals surface area (Å²) >= 11 is 0. The fourth-order valence-corrected chi connectivity index (χ4v) is 3.96. The number of imidazole rings is 1. The molecule has 0 unspecified atom stereocenters. The van der Waals surface area contributed by atoms with Gasteiger partial charge in [-0.25, -0.2) is 14.8 Å². The molecular weight excluding hydrogens is 396 g/mol. The summed E-state index contributed by atoms with van der Waals surface area (Å²) in [5.41, 5.74) is 6.72. The molecule has 4 heterocycles. The van der Waals surface area contributed by atoms with Gasteiger partial charge in [-0.1, -0.05) is 5.92 Å². The second kappa shape index (κ2) is 8.35. The quantitative estimate of drug-likeness (QED) is 0.588. The first-order valence-corrected chi connectivity index (χ1v) is 10.3. The Hall–Kier alpha value is -3.45. The van der Waals surface area contributed by atoms with Crippen LogP contribution in [-0.4, -0.2) is 47.8 Å². The van der Waals surface area contributed by atoms with Crippen molar-refractivity contribution in [1.29, 1.82) is 0 Å². The summed E-state index contributed by atoms with van der Waals surface area (Å²) in [5, 5.41) is 0. The summed E-state index contributed by atoms with van der Waals surface area (Å²) in [6.45, 7) is 5.29. The number of hydrogen-bond donors (Lipinski definition) is 1. The number of anilines is 1. The standard InChI is InChI=1S/C21H26N8O2/c1-4-5-11-28-17-18(25-20(28)27-10-6-7-15(22)12-27)26(3)21(31)29(19(17)30)13-16-23-9-8-14(2)24-16/h8-9,15H,6-7,10-13,22H2,1-3H3/t15-/m1/s1.